The van der Waals surface area contributed by atoms with Crippen LogP contribution >= 0.6 is 23.6 Å². The van der Waals surface area contributed by atoms with Crippen LogP contribution in [0, 0.1) is 4.77 Å². The number of hydrogen-bond acceptors (Lipinski definition) is 4. The molecule has 1 aliphatic rings. The summed E-state index contributed by atoms with van der Waals surface area (Å²) in [5.41, 5.74) is 0. The van der Waals surface area contributed by atoms with Crippen LogP contribution in [0.4, 0.5) is 0 Å². The Kier molecular flexibility index (Phi) is 3.79. The second kappa shape index (κ2) is 5.54. The van der Waals surface area contributed by atoms with Gasteiger partial charge in [0.25, 0.3) is 0 Å². The lowest BCUT2D eigenvalue weighted by Crippen LogP contribution is -2.03. The zero-order valence-corrected chi connectivity index (χ0v) is 12.7. The van der Waals surface area contributed by atoms with Gasteiger partial charge in [0, 0.05) is 18.7 Å². The van der Waals surface area contributed by atoms with Crippen molar-refractivity contribution in [1.82, 2.24) is 19.7 Å². The zero-order valence-electron chi connectivity index (χ0n) is 11.1. The van der Waals surface area contributed by atoms with E-state index in [2.05, 4.69) is 22.1 Å². The predicted molar refractivity (Wildman–Crippen MR) is 80.0 cm³/mol. The highest BCUT2D eigenvalue weighted by Crippen LogP contribution is 2.36. The average Bonchev–Trinajstić information content (AvgIpc) is 3.06. The second-order valence-corrected chi connectivity index (χ2v) is 6.44. The third kappa shape index (κ3) is 2.51. The van der Waals surface area contributed by atoms with E-state index in [1.54, 1.807) is 11.3 Å². The molecule has 0 atom stereocenters. The van der Waals surface area contributed by atoms with Crippen molar-refractivity contribution in [2.24, 2.45) is 0 Å². The van der Waals surface area contributed by atoms with Crippen LogP contribution in [0.3, 0.4) is 0 Å². The van der Waals surface area contributed by atoms with Crippen molar-refractivity contribution in [2.75, 3.05) is 0 Å². The Morgan fingerprint density at radius 3 is 2.95 bits per heavy atom. The Labute approximate surface area is 121 Å². The molecule has 0 aliphatic heterocycles. The van der Waals surface area contributed by atoms with Gasteiger partial charge in [-0.25, -0.2) is 4.98 Å². The van der Waals surface area contributed by atoms with Gasteiger partial charge in [0.2, 0.25) is 0 Å². The zero-order chi connectivity index (χ0) is 13.2. The van der Waals surface area contributed by atoms with E-state index in [0.717, 1.165) is 17.2 Å². The molecule has 0 saturated heterocycles. The van der Waals surface area contributed by atoms with E-state index in [9.17, 15) is 0 Å². The second-order valence-electron chi connectivity index (χ2n) is 4.99. The van der Waals surface area contributed by atoms with Gasteiger partial charge in [-0.3, -0.25) is 9.67 Å². The number of aromatic nitrogens is 4. The molecule has 1 aliphatic carbocycles. The lowest BCUT2D eigenvalue weighted by molar-refractivity contribution is 0.442. The number of thiazole rings is 1. The molecule has 0 unspecified atom stereocenters. The van der Waals surface area contributed by atoms with Crippen molar-refractivity contribution >= 4 is 23.6 Å². The number of aromatic amines is 1. The molecule has 0 radical (unpaired) electrons. The van der Waals surface area contributed by atoms with Crippen LogP contribution in [-0.4, -0.2) is 19.7 Å². The molecule has 4 nitrogen and oxygen atoms in total. The first-order valence-corrected chi connectivity index (χ1v) is 8.13. The molecule has 6 heteroatoms. The minimum absolute atomic E-state index is 0.657. The Hall–Kier alpha value is -1.01. The topological polar surface area (TPSA) is 46.5 Å². The highest BCUT2D eigenvalue weighted by Gasteiger charge is 2.20. The van der Waals surface area contributed by atoms with Crippen molar-refractivity contribution in [3.8, 4) is 10.7 Å². The summed E-state index contributed by atoms with van der Waals surface area (Å²) in [5, 5.41) is 8.47. The summed E-state index contributed by atoms with van der Waals surface area (Å²) in [6.07, 6.45) is 8.58. The first-order chi connectivity index (χ1) is 9.29. The maximum absolute atomic E-state index is 5.23. The number of H-pyrrole nitrogens is 1. The van der Waals surface area contributed by atoms with E-state index in [4.69, 9.17) is 12.2 Å². The average molecular weight is 294 g/mol. The number of rotatable bonds is 3. The first-order valence-electron chi connectivity index (χ1n) is 6.91. The largest absolute Gasteiger partial charge is 0.300 e. The smallest absolute Gasteiger partial charge is 0.195 e. The van der Waals surface area contributed by atoms with Gasteiger partial charge in [-0.05, 0) is 32.0 Å². The van der Waals surface area contributed by atoms with E-state index in [1.807, 2.05) is 10.8 Å². The van der Waals surface area contributed by atoms with Gasteiger partial charge in [-0.15, -0.1) is 11.3 Å². The lowest BCUT2D eigenvalue weighted by atomic mass is 9.90. The Balaban J connectivity index is 1.90. The van der Waals surface area contributed by atoms with Crippen LogP contribution in [0.5, 0.6) is 0 Å². The van der Waals surface area contributed by atoms with Gasteiger partial charge in [0.1, 0.15) is 0 Å². The van der Waals surface area contributed by atoms with Crippen molar-refractivity contribution in [3.05, 3.63) is 16.0 Å². The van der Waals surface area contributed by atoms with E-state index in [0.29, 0.717) is 10.7 Å². The normalized spacial score (nSPS) is 16.9. The highest BCUT2D eigenvalue weighted by atomic mass is 32.1. The van der Waals surface area contributed by atoms with Gasteiger partial charge in [-0.2, -0.15) is 5.10 Å². The van der Waals surface area contributed by atoms with Gasteiger partial charge < -0.3 is 0 Å². The van der Waals surface area contributed by atoms with Crippen molar-refractivity contribution < 1.29 is 0 Å². The third-order valence-electron chi connectivity index (χ3n) is 3.77. The van der Waals surface area contributed by atoms with E-state index >= 15 is 0 Å². The van der Waals surface area contributed by atoms with Gasteiger partial charge in [-0.1, -0.05) is 19.3 Å². The summed E-state index contributed by atoms with van der Waals surface area (Å²) >= 11 is 7.01. The van der Waals surface area contributed by atoms with Crippen molar-refractivity contribution in [2.45, 2.75) is 51.5 Å². The molecular weight excluding hydrogens is 276 g/mol. The highest BCUT2D eigenvalue weighted by molar-refractivity contribution is 7.71. The molecule has 1 saturated carbocycles. The number of hydrogen-bond donors (Lipinski definition) is 1. The minimum Gasteiger partial charge on any atom is -0.300 e. The van der Waals surface area contributed by atoms with E-state index in [1.165, 1.54) is 37.1 Å². The molecule has 2 heterocycles. The molecule has 1 fully saturated rings. The Morgan fingerprint density at radius 2 is 2.21 bits per heavy atom. The molecule has 0 amide bonds. The summed E-state index contributed by atoms with van der Waals surface area (Å²) in [6.45, 7) is 2.92. The van der Waals surface area contributed by atoms with Crippen LogP contribution in [0.1, 0.15) is 50.0 Å². The fourth-order valence-corrected chi connectivity index (χ4v) is 4.08. The summed E-state index contributed by atoms with van der Waals surface area (Å²) in [7, 11) is 0. The van der Waals surface area contributed by atoms with Gasteiger partial charge in [0.05, 0.1) is 9.88 Å². The monoisotopic (exact) mass is 294 g/mol. The summed E-state index contributed by atoms with van der Waals surface area (Å²) in [4.78, 5) is 5.74. The van der Waals surface area contributed by atoms with Crippen LogP contribution in [-0.2, 0) is 6.54 Å². The van der Waals surface area contributed by atoms with Crippen LogP contribution < -0.4 is 0 Å². The summed E-state index contributed by atoms with van der Waals surface area (Å²) in [5.74, 6) is 1.58. The summed E-state index contributed by atoms with van der Waals surface area (Å²) < 4.78 is 2.71. The van der Waals surface area contributed by atoms with E-state index in [-0.39, 0.29) is 0 Å². The number of nitrogens with zero attached hydrogens (tertiary/aromatic N) is 3. The molecule has 102 valence electrons. The van der Waals surface area contributed by atoms with Gasteiger partial charge >= 0.3 is 0 Å². The Morgan fingerprint density at radius 1 is 1.42 bits per heavy atom. The minimum atomic E-state index is 0.657. The Bertz CT molecular complexity index is 604. The van der Waals surface area contributed by atoms with Crippen LogP contribution in [0.2, 0.25) is 0 Å². The first kappa shape index (κ1) is 13.0. The molecule has 0 aromatic carbocycles. The van der Waals surface area contributed by atoms with Crippen LogP contribution in [0.25, 0.3) is 10.7 Å². The third-order valence-corrected chi connectivity index (χ3v) is 5.24. The van der Waals surface area contributed by atoms with Crippen molar-refractivity contribution in [3.63, 3.8) is 0 Å². The van der Waals surface area contributed by atoms with Gasteiger partial charge in [0.15, 0.2) is 10.6 Å². The molecule has 0 spiro atoms. The quantitative estimate of drug-likeness (QED) is 0.866. The van der Waals surface area contributed by atoms with E-state index < -0.39 is 0 Å². The number of nitrogens with one attached hydrogen (secondary N) is 1. The summed E-state index contributed by atoms with van der Waals surface area (Å²) in [6, 6.07) is 0. The molecule has 19 heavy (non-hydrogen) atoms. The standard InChI is InChI=1S/C13H18N4S2/c1-2-17-11(15-16-13(17)18)10-8-14-12(19-10)9-6-4-3-5-7-9/h8-9H,2-7H2,1H3,(H,16,18). The van der Waals surface area contributed by atoms with Crippen LogP contribution in [0.15, 0.2) is 6.20 Å². The predicted octanol–water partition coefficient (Wildman–Crippen LogP) is 4.13. The SMILES string of the molecule is CCn1c(-c2cnc(C3CCCCC3)s2)n[nH]c1=S. The fraction of sp³-hybridized carbons (Fsp3) is 0.615. The molecule has 0 bridgehead atoms. The molecular formula is C13H18N4S2. The van der Waals surface area contributed by atoms with Crippen molar-refractivity contribution in [1.29, 1.82) is 0 Å². The fourth-order valence-electron chi connectivity index (χ4n) is 2.73. The maximum atomic E-state index is 5.23. The molecule has 2 aromatic rings. The maximum Gasteiger partial charge on any atom is 0.195 e. The molecule has 2 aromatic heterocycles. The molecule has 3 rings (SSSR count). The lowest BCUT2D eigenvalue weighted by Gasteiger charge is -2.18. The molecule has 1 N–H and O–H groups in total.